The Balaban J connectivity index is 1.35. The first-order chi connectivity index (χ1) is 15.6. The summed E-state index contributed by atoms with van der Waals surface area (Å²) in [4.78, 5) is 38.4. The minimum atomic E-state index is -0.277. The number of hydrogen-bond acceptors (Lipinski definition) is 3. The maximum atomic E-state index is 12.7. The molecule has 0 aliphatic carbocycles. The molecule has 6 nitrogen and oxygen atoms in total. The number of fused-ring (bicyclic) bond motifs is 1. The molecular formula is C26H21N3O3. The molecule has 4 rings (SSSR count). The highest BCUT2D eigenvalue weighted by Crippen LogP contribution is 2.29. The highest BCUT2D eigenvalue weighted by atomic mass is 16.2. The van der Waals surface area contributed by atoms with E-state index in [2.05, 4.69) is 22.5 Å². The second-order valence-electron chi connectivity index (χ2n) is 7.29. The van der Waals surface area contributed by atoms with Gasteiger partial charge in [0.15, 0.2) is 0 Å². The van der Waals surface area contributed by atoms with Crippen molar-refractivity contribution in [2.24, 2.45) is 0 Å². The first kappa shape index (κ1) is 20.9. The van der Waals surface area contributed by atoms with Crippen LogP contribution < -0.4 is 15.5 Å². The molecule has 0 spiro atoms. The Hall–Kier alpha value is -4.37. The highest BCUT2D eigenvalue weighted by molar-refractivity contribution is 6.10. The summed E-state index contributed by atoms with van der Waals surface area (Å²) in [6.07, 6.45) is 0.0139. The van der Waals surface area contributed by atoms with E-state index in [-0.39, 0.29) is 37.1 Å². The van der Waals surface area contributed by atoms with Gasteiger partial charge in [-0.3, -0.25) is 14.4 Å². The van der Waals surface area contributed by atoms with Crippen molar-refractivity contribution in [3.63, 3.8) is 0 Å². The molecule has 1 heterocycles. The minimum Gasteiger partial charge on any atom is -0.326 e. The molecule has 1 aliphatic heterocycles. The smallest absolute Gasteiger partial charge is 0.244 e. The number of hydrogen-bond donors (Lipinski definition) is 2. The Morgan fingerprint density at radius 2 is 1.59 bits per heavy atom. The molecule has 0 saturated heterocycles. The normalized spacial score (nSPS) is 12.1. The van der Waals surface area contributed by atoms with Gasteiger partial charge < -0.3 is 15.5 Å². The maximum Gasteiger partial charge on any atom is 0.244 e. The number of para-hydroxylation sites is 2. The number of rotatable bonds is 4. The van der Waals surface area contributed by atoms with Gasteiger partial charge in [-0.05, 0) is 42.5 Å². The van der Waals surface area contributed by atoms with Crippen LogP contribution in [0, 0.1) is 11.8 Å². The van der Waals surface area contributed by atoms with Gasteiger partial charge in [0, 0.05) is 29.7 Å². The average molecular weight is 423 g/mol. The molecule has 0 unspecified atom stereocenters. The highest BCUT2D eigenvalue weighted by Gasteiger charge is 2.26. The summed E-state index contributed by atoms with van der Waals surface area (Å²) >= 11 is 0. The number of carbonyl (C=O) groups excluding carboxylic acids is 3. The summed E-state index contributed by atoms with van der Waals surface area (Å²) in [5.41, 5.74) is 3.54. The topological polar surface area (TPSA) is 78.5 Å². The van der Waals surface area contributed by atoms with Crippen molar-refractivity contribution in [1.82, 2.24) is 0 Å². The van der Waals surface area contributed by atoms with Crippen LogP contribution in [0.15, 0.2) is 78.9 Å². The standard InChI is InChI=1S/C26H21N3O3/c30-24(15-16-26(32)29-18-25(31)28-22-11-4-5-12-23(22)29)27-21-10-6-9-20(17-21)14-13-19-7-2-1-3-8-19/h1-12,17H,15-16,18H2,(H,27,30)(H,28,31). The fourth-order valence-corrected chi connectivity index (χ4v) is 3.38. The molecular weight excluding hydrogens is 402 g/mol. The van der Waals surface area contributed by atoms with Crippen LogP contribution in [-0.4, -0.2) is 24.3 Å². The van der Waals surface area contributed by atoms with Crippen LogP contribution in [0.4, 0.5) is 17.1 Å². The van der Waals surface area contributed by atoms with Crippen molar-refractivity contribution in [1.29, 1.82) is 0 Å². The minimum absolute atomic E-state index is 0.000944. The van der Waals surface area contributed by atoms with Crippen molar-refractivity contribution in [3.8, 4) is 11.8 Å². The maximum absolute atomic E-state index is 12.7. The number of amides is 3. The second-order valence-corrected chi connectivity index (χ2v) is 7.29. The molecule has 3 aromatic carbocycles. The van der Waals surface area contributed by atoms with Crippen LogP contribution in [0.1, 0.15) is 24.0 Å². The van der Waals surface area contributed by atoms with Gasteiger partial charge in [0.1, 0.15) is 6.54 Å². The average Bonchev–Trinajstić information content (AvgIpc) is 2.81. The van der Waals surface area contributed by atoms with Crippen LogP contribution in [0.3, 0.4) is 0 Å². The van der Waals surface area contributed by atoms with E-state index < -0.39 is 0 Å². The molecule has 0 atom stereocenters. The summed E-state index contributed by atoms with van der Waals surface area (Å²) in [6, 6.07) is 24.0. The predicted molar refractivity (Wildman–Crippen MR) is 124 cm³/mol. The number of carbonyl (C=O) groups is 3. The predicted octanol–water partition coefficient (Wildman–Crippen LogP) is 3.79. The van der Waals surface area contributed by atoms with E-state index >= 15 is 0 Å². The summed E-state index contributed by atoms with van der Waals surface area (Å²) in [7, 11) is 0. The van der Waals surface area contributed by atoms with Crippen LogP contribution in [0.5, 0.6) is 0 Å². The summed E-state index contributed by atoms with van der Waals surface area (Å²) < 4.78 is 0. The molecule has 32 heavy (non-hydrogen) atoms. The Labute approximate surface area is 186 Å². The largest absolute Gasteiger partial charge is 0.326 e. The molecule has 0 radical (unpaired) electrons. The van der Waals surface area contributed by atoms with E-state index in [0.717, 1.165) is 11.1 Å². The van der Waals surface area contributed by atoms with Crippen LogP contribution in [0.2, 0.25) is 0 Å². The van der Waals surface area contributed by atoms with Crippen molar-refractivity contribution in [2.45, 2.75) is 12.8 Å². The molecule has 0 aromatic heterocycles. The van der Waals surface area contributed by atoms with Gasteiger partial charge >= 0.3 is 0 Å². The van der Waals surface area contributed by atoms with E-state index in [1.54, 1.807) is 36.4 Å². The Morgan fingerprint density at radius 1 is 0.875 bits per heavy atom. The summed E-state index contributed by atoms with van der Waals surface area (Å²) in [6.45, 7) is -0.0560. The lowest BCUT2D eigenvalue weighted by Gasteiger charge is -2.29. The molecule has 0 fully saturated rings. The zero-order valence-corrected chi connectivity index (χ0v) is 17.3. The molecule has 0 bridgehead atoms. The first-order valence-electron chi connectivity index (χ1n) is 10.2. The molecule has 6 heteroatoms. The molecule has 3 aromatic rings. The van der Waals surface area contributed by atoms with Gasteiger partial charge in [-0.2, -0.15) is 0 Å². The van der Waals surface area contributed by atoms with E-state index in [0.29, 0.717) is 17.1 Å². The quantitative estimate of drug-likeness (QED) is 0.627. The molecule has 0 saturated carbocycles. The lowest BCUT2D eigenvalue weighted by Crippen LogP contribution is -2.42. The van der Waals surface area contributed by atoms with Crippen LogP contribution >= 0.6 is 0 Å². The van der Waals surface area contributed by atoms with E-state index in [1.165, 1.54) is 4.90 Å². The zero-order valence-electron chi connectivity index (χ0n) is 17.3. The lowest BCUT2D eigenvalue weighted by molar-refractivity contribution is -0.124. The number of nitrogens with zero attached hydrogens (tertiary/aromatic N) is 1. The van der Waals surface area contributed by atoms with Crippen molar-refractivity contribution in [2.75, 3.05) is 22.1 Å². The SMILES string of the molecule is O=C(CCC(=O)N1CC(=O)Nc2ccccc21)Nc1cccc(C#Cc2ccccc2)c1. The molecule has 2 N–H and O–H groups in total. The van der Waals surface area contributed by atoms with Crippen molar-refractivity contribution in [3.05, 3.63) is 90.0 Å². The van der Waals surface area contributed by atoms with Gasteiger partial charge in [-0.1, -0.05) is 48.2 Å². The van der Waals surface area contributed by atoms with Gasteiger partial charge in [-0.25, -0.2) is 0 Å². The first-order valence-corrected chi connectivity index (χ1v) is 10.2. The molecule has 1 aliphatic rings. The summed E-state index contributed by atoms with van der Waals surface area (Å²) in [5, 5.41) is 5.56. The Morgan fingerprint density at radius 3 is 2.44 bits per heavy atom. The van der Waals surface area contributed by atoms with E-state index in [9.17, 15) is 14.4 Å². The van der Waals surface area contributed by atoms with Crippen LogP contribution in [0.25, 0.3) is 0 Å². The van der Waals surface area contributed by atoms with Gasteiger partial charge in [0.25, 0.3) is 0 Å². The summed E-state index contributed by atoms with van der Waals surface area (Å²) in [5.74, 6) is 5.36. The Bertz CT molecular complexity index is 1230. The molecule has 3 amide bonds. The number of benzene rings is 3. The fourth-order valence-electron chi connectivity index (χ4n) is 3.38. The second kappa shape index (κ2) is 9.63. The monoisotopic (exact) mass is 423 g/mol. The lowest BCUT2D eigenvalue weighted by atomic mass is 10.1. The van der Waals surface area contributed by atoms with Gasteiger partial charge in [-0.15, -0.1) is 0 Å². The third-order valence-corrected chi connectivity index (χ3v) is 4.91. The van der Waals surface area contributed by atoms with E-state index in [4.69, 9.17) is 0 Å². The third kappa shape index (κ3) is 5.21. The van der Waals surface area contributed by atoms with Gasteiger partial charge in [0.05, 0.1) is 11.4 Å². The molecule has 158 valence electrons. The zero-order chi connectivity index (χ0) is 22.3. The van der Waals surface area contributed by atoms with Crippen molar-refractivity contribution < 1.29 is 14.4 Å². The van der Waals surface area contributed by atoms with Crippen LogP contribution in [-0.2, 0) is 14.4 Å². The number of anilines is 3. The van der Waals surface area contributed by atoms with E-state index in [1.807, 2.05) is 42.5 Å². The Kier molecular flexibility index (Phi) is 6.28. The van der Waals surface area contributed by atoms with Crippen molar-refractivity contribution >= 4 is 34.8 Å². The third-order valence-electron chi connectivity index (χ3n) is 4.91. The van der Waals surface area contributed by atoms with Gasteiger partial charge in [0.2, 0.25) is 17.7 Å². The number of nitrogens with one attached hydrogen (secondary N) is 2. The fraction of sp³-hybridized carbons (Fsp3) is 0.115.